The Morgan fingerprint density at radius 2 is 1.69 bits per heavy atom. The molecular formula is C19H20N2O5. The summed E-state index contributed by atoms with van der Waals surface area (Å²) in [7, 11) is 6.23. The third kappa shape index (κ3) is 3.03. The van der Waals surface area contributed by atoms with Crippen molar-refractivity contribution in [1.29, 1.82) is 0 Å². The van der Waals surface area contributed by atoms with Crippen molar-refractivity contribution < 1.29 is 23.8 Å². The minimum absolute atomic E-state index is 0.0353. The van der Waals surface area contributed by atoms with E-state index in [2.05, 4.69) is 5.32 Å². The zero-order valence-corrected chi connectivity index (χ0v) is 15.1. The Bertz CT molecular complexity index is 853. The first-order valence-corrected chi connectivity index (χ1v) is 7.99. The standard InChI is InChI=1S/C19H20N2O5/c1-21-14-6-5-13(7-11(14)10-17(21)22)20-19(23)12-8-15(24-2)18(26-4)16(9-12)25-3/h5-9H,10H2,1-4H3,(H,20,23). The molecule has 3 rings (SSSR count). The highest BCUT2D eigenvalue weighted by Gasteiger charge is 2.24. The highest BCUT2D eigenvalue weighted by Crippen LogP contribution is 2.38. The molecule has 0 saturated heterocycles. The maximum Gasteiger partial charge on any atom is 0.255 e. The fourth-order valence-corrected chi connectivity index (χ4v) is 2.96. The number of hydrogen-bond donors (Lipinski definition) is 1. The molecule has 136 valence electrons. The molecule has 0 radical (unpaired) electrons. The molecule has 7 nitrogen and oxygen atoms in total. The average Bonchev–Trinajstić information content (AvgIpc) is 2.93. The molecular weight excluding hydrogens is 336 g/mol. The molecule has 0 aliphatic carbocycles. The number of hydrogen-bond acceptors (Lipinski definition) is 5. The van der Waals surface area contributed by atoms with Crippen molar-refractivity contribution in [1.82, 2.24) is 0 Å². The van der Waals surface area contributed by atoms with Crippen LogP contribution < -0.4 is 24.4 Å². The van der Waals surface area contributed by atoms with Crippen LogP contribution in [0.2, 0.25) is 0 Å². The van der Waals surface area contributed by atoms with Crippen LogP contribution in [-0.2, 0) is 11.2 Å². The van der Waals surface area contributed by atoms with Crippen molar-refractivity contribution >= 4 is 23.2 Å². The molecule has 0 fully saturated rings. The highest BCUT2D eigenvalue weighted by molar-refractivity contribution is 6.06. The SMILES string of the molecule is COc1cc(C(=O)Nc2ccc3c(c2)CC(=O)N3C)cc(OC)c1OC. The number of fused-ring (bicyclic) bond motifs is 1. The second kappa shape index (κ2) is 6.95. The third-order valence-electron chi connectivity index (χ3n) is 4.34. The van der Waals surface area contributed by atoms with E-state index in [4.69, 9.17) is 14.2 Å². The number of rotatable bonds is 5. The zero-order valence-electron chi connectivity index (χ0n) is 15.1. The van der Waals surface area contributed by atoms with E-state index >= 15 is 0 Å². The van der Waals surface area contributed by atoms with E-state index in [0.717, 1.165) is 11.3 Å². The lowest BCUT2D eigenvalue weighted by molar-refractivity contribution is -0.117. The van der Waals surface area contributed by atoms with Crippen molar-refractivity contribution in [3.05, 3.63) is 41.5 Å². The molecule has 0 unspecified atom stereocenters. The maximum atomic E-state index is 12.6. The Balaban J connectivity index is 1.87. The second-order valence-electron chi connectivity index (χ2n) is 5.84. The van der Waals surface area contributed by atoms with Crippen molar-refractivity contribution in [2.24, 2.45) is 0 Å². The van der Waals surface area contributed by atoms with Crippen LogP contribution in [0.4, 0.5) is 11.4 Å². The number of carbonyl (C=O) groups excluding carboxylic acids is 2. The lowest BCUT2D eigenvalue weighted by atomic mass is 10.1. The van der Waals surface area contributed by atoms with Gasteiger partial charge in [-0.15, -0.1) is 0 Å². The zero-order chi connectivity index (χ0) is 18.8. The normalized spacial score (nSPS) is 12.6. The molecule has 7 heteroatoms. The van der Waals surface area contributed by atoms with Gasteiger partial charge in [-0.1, -0.05) is 0 Å². The van der Waals surface area contributed by atoms with Gasteiger partial charge in [0.25, 0.3) is 5.91 Å². The first-order valence-electron chi connectivity index (χ1n) is 7.99. The third-order valence-corrected chi connectivity index (χ3v) is 4.34. The minimum atomic E-state index is -0.318. The lowest BCUT2D eigenvalue weighted by Crippen LogP contribution is -2.20. The van der Waals surface area contributed by atoms with Gasteiger partial charge in [0.05, 0.1) is 27.8 Å². The summed E-state index contributed by atoms with van der Waals surface area (Å²) >= 11 is 0. The summed E-state index contributed by atoms with van der Waals surface area (Å²) in [6.07, 6.45) is 0.333. The van der Waals surface area contributed by atoms with Crippen molar-refractivity contribution in [3.8, 4) is 17.2 Å². The summed E-state index contributed by atoms with van der Waals surface area (Å²) in [5, 5.41) is 2.84. The molecule has 0 saturated carbocycles. The van der Waals surface area contributed by atoms with E-state index in [1.807, 2.05) is 12.1 Å². The van der Waals surface area contributed by atoms with Crippen LogP contribution in [0.25, 0.3) is 0 Å². The molecule has 1 heterocycles. The molecule has 2 aromatic rings. The van der Waals surface area contributed by atoms with Gasteiger partial charge in [-0.3, -0.25) is 9.59 Å². The number of nitrogens with zero attached hydrogens (tertiary/aromatic N) is 1. The van der Waals surface area contributed by atoms with Crippen LogP contribution >= 0.6 is 0 Å². The first-order chi connectivity index (χ1) is 12.5. The summed E-state index contributed by atoms with van der Waals surface area (Å²) in [5.74, 6) is 0.942. The first kappa shape index (κ1) is 17.6. The fraction of sp³-hybridized carbons (Fsp3) is 0.263. The number of carbonyl (C=O) groups is 2. The summed E-state index contributed by atoms with van der Waals surface area (Å²) in [6, 6.07) is 8.57. The minimum Gasteiger partial charge on any atom is -0.493 e. The Hall–Kier alpha value is -3.22. The monoisotopic (exact) mass is 356 g/mol. The molecule has 2 amide bonds. The summed E-state index contributed by atoms with van der Waals surface area (Å²) in [6.45, 7) is 0. The van der Waals surface area contributed by atoms with Gasteiger partial charge < -0.3 is 24.4 Å². The number of amides is 2. The van der Waals surface area contributed by atoms with Crippen LogP contribution in [0, 0.1) is 0 Å². The van der Waals surface area contributed by atoms with Crippen LogP contribution in [0.15, 0.2) is 30.3 Å². The number of anilines is 2. The van der Waals surface area contributed by atoms with Gasteiger partial charge in [-0.2, -0.15) is 0 Å². The number of likely N-dealkylation sites (N-methyl/N-ethyl adjacent to an activating group) is 1. The summed E-state index contributed by atoms with van der Waals surface area (Å²) < 4.78 is 15.8. The Labute approximate surface area is 151 Å². The van der Waals surface area contributed by atoms with Gasteiger partial charge in [0.1, 0.15) is 0 Å². The molecule has 0 atom stereocenters. The van der Waals surface area contributed by atoms with Gasteiger partial charge in [-0.25, -0.2) is 0 Å². The number of ether oxygens (including phenoxy) is 3. The predicted octanol–water partition coefficient (Wildman–Crippen LogP) is 2.48. The predicted molar refractivity (Wildman–Crippen MR) is 97.6 cm³/mol. The van der Waals surface area contributed by atoms with Crippen molar-refractivity contribution in [3.63, 3.8) is 0 Å². The topological polar surface area (TPSA) is 77.1 Å². The lowest BCUT2D eigenvalue weighted by Gasteiger charge is -2.14. The highest BCUT2D eigenvalue weighted by atomic mass is 16.5. The van der Waals surface area contributed by atoms with E-state index in [1.54, 1.807) is 30.1 Å². The Morgan fingerprint density at radius 3 is 2.27 bits per heavy atom. The number of nitrogens with one attached hydrogen (secondary N) is 1. The quantitative estimate of drug-likeness (QED) is 0.891. The fourth-order valence-electron chi connectivity index (χ4n) is 2.96. The summed E-state index contributed by atoms with van der Waals surface area (Å²) in [5.41, 5.74) is 2.74. The molecule has 1 aliphatic heterocycles. The van der Waals surface area contributed by atoms with Gasteiger partial charge >= 0.3 is 0 Å². The van der Waals surface area contributed by atoms with Crippen LogP contribution in [0.5, 0.6) is 17.2 Å². The van der Waals surface area contributed by atoms with Crippen LogP contribution in [-0.4, -0.2) is 40.2 Å². The largest absolute Gasteiger partial charge is 0.493 e. The van der Waals surface area contributed by atoms with Gasteiger partial charge in [0.2, 0.25) is 11.7 Å². The molecule has 0 aromatic heterocycles. The number of methoxy groups -OCH3 is 3. The van der Waals surface area contributed by atoms with E-state index in [0.29, 0.717) is 34.9 Å². The molecule has 2 aromatic carbocycles. The van der Waals surface area contributed by atoms with Gasteiger partial charge in [-0.05, 0) is 35.9 Å². The molecule has 0 bridgehead atoms. The second-order valence-corrected chi connectivity index (χ2v) is 5.84. The number of benzene rings is 2. The average molecular weight is 356 g/mol. The molecule has 1 N–H and O–H groups in total. The molecule has 1 aliphatic rings. The summed E-state index contributed by atoms with van der Waals surface area (Å²) in [4.78, 5) is 26.0. The maximum absolute atomic E-state index is 12.6. The van der Waals surface area contributed by atoms with E-state index in [1.165, 1.54) is 21.3 Å². The van der Waals surface area contributed by atoms with Crippen LogP contribution in [0.1, 0.15) is 15.9 Å². The van der Waals surface area contributed by atoms with Gasteiger partial charge in [0.15, 0.2) is 11.5 Å². The van der Waals surface area contributed by atoms with Crippen molar-refractivity contribution in [2.75, 3.05) is 38.6 Å². The van der Waals surface area contributed by atoms with Crippen molar-refractivity contribution in [2.45, 2.75) is 6.42 Å². The van der Waals surface area contributed by atoms with Crippen LogP contribution in [0.3, 0.4) is 0 Å². The molecule has 0 spiro atoms. The smallest absolute Gasteiger partial charge is 0.255 e. The Kier molecular flexibility index (Phi) is 4.71. The van der Waals surface area contributed by atoms with E-state index < -0.39 is 0 Å². The molecule has 26 heavy (non-hydrogen) atoms. The van der Waals surface area contributed by atoms with Gasteiger partial charge in [0, 0.05) is 24.0 Å². The van der Waals surface area contributed by atoms with E-state index in [-0.39, 0.29) is 11.8 Å². The Morgan fingerprint density at radius 1 is 1.04 bits per heavy atom. The van der Waals surface area contributed by atoms with E-state index in [9.17, 15) is 9.59 Å².